The molecule has 0 unspecified atom stereocenters. The Bertz CT molecular complexity index is 637. The summed E-state index contributed by atoms with van der Waals surface area (Å²) in [4.78, 5) is 15.7. The summed E-state index contributed by atoms with van der Waals surface area (Å²) in [5, 5.41) is 0. The SMILES string of the molecule is CO[Si](C)(CCCN(CCC[Si](C)(OC)OC)C(=O)N(Cc1ccco1)[Si](C)(C)C)OC. The molecule has 0 radical (unpaired) electrons. The van der Waals surface area contributed by atoms with Gasteiger partial charge in [-0.15, -0.1) is 0 Å². The highest BCUT2D eigenvalue weighted by atomic mass is 28.4. The molecule has 0 atom stereocenters. The summed E-state index contributed by atoms with van der Waals surface area (Å²) in [6, 6.07) is 5.52. The van der Waals surface area contributed by atoms with Gasteiger partial charge in [0.25, 0.3) is 0 Å². The Labute approximate surface area is 197 Å². The second-order valence-corrected chi connectivity index (χ2v) is 21.4. The maximum atomic E-state index is 13.7. The third-order valence-electron chi connectivity index (χ3n) is 6.05. The summed E-state index contributed by atoms with van der Waals surface area (Å²) in [6.07, 6.45) is 3.32. The van der Waals surface area contributed by atoms with E-state index in [0.717, 1.165) is 30.7 Å². The Hall–Kier alpha value is -0.959. The van der Waals surface area contributed by atoms with Gasteiger partial charge in [-0.1, -0.05) is 19.6 Å². The normalized spacial score (nSPS) is 12.8. The molecule has 0 bridgehead atoms. The van der Waals surface area contributed by atoms with Crippen LogP contribution in [-0.2, 0) is 24.2 Å². The molecule has 0 aliphatic heterocycles. The van der Waals surface area contributed by atoms with E-state index in [1.807, 2.05) is 21.6 Å². The Morgan fingerprint density at radius 3 is 1.69 bits per heavy atom. The van der Waals surface area contributed by atoms with Crippen LogP contribution in [0.15, 0.2) is 22.8 Å². The summed E-state index contributed by atoms with van der Waals surface area (Å²) in [5.41, 5.74) is 0. The van der Waals surface area contributed by atoms with Gasteiger partial charge in [0.05, 0.1) is 12.8 Å². The quantitative estimate of drug-likeness (QED) is 0.318. The van der Waals surface area contributed by atoms with Crippen molar-refractivity contribution >= 4 is 31.4 Å². The summed E-state index contributed by atoms with van der Waals surface area (Å²) >= 11 is 0. The van der Waals surface area contributed by atoms with Gasteiger partial charge in [0.15, 0.2) is 8.24 Å². The lowest BCUT2D eigenvalue weighted by atomic mass is 10.3. The minimum atomic E-state index is -2.18. The van der Waals surface area contributed by atoms with Gasteiger partial charge in [-0.05, 0) is 50.2 Å². The number of rotatable bonds is 15. The molecule has 0 saturated carbocycles. The Balaban J connectivity index is 2.97. The zero-order chi connectivity index (χ0) is 24.4. The molecule has 32 heavy (non-hydrogen) atoms. The lowest BCUT2D eigenvalue weighted by molar-refractivity contribution is 0.169. The van der Waals surface area contributed by atoms with Crippen LogP contribution >= 0.6 is 0 Å². The molecule has 0 spiro atoms. The average molecular weight is 505 g/mol. The fourth-order valence-corrected chi connectivity index (χ4v) is 7.48. The highest BCUT2D eigenvalue weighted by molar-refractivity contribution is 6.75. The van der Waals surface area contributed by atoms with Gasteiger partial charge in [0.2, 0.25) is 0 Å². The molecule has 1 rings (SSSR count). The van der Waals surface area contributed by atoms with E-state index < -0.39 is 25.4 Å². The molecule has 2 amide bonds. The molecule has 0 aromatic carbocycles. The van der Waals surface area contributed by atoms with Crippen LogP contribution in [-0.4, -0.2) is 82.4 Å². The molecular weight excluding hydrogens is 460 g/mol. The van der Waals surface area contributed by atoms with E-state index in [1.54, 1.807) is 34.7 Å². The predicted octanol–water partition coefficient (Wildman–Crippen LogP) is 4.85. The Morgan fingerprint density at radius 1 is 0.875 bits per heavy atom. The van der Waals surface area contributed by atoms with E-state index in [0.29, 0.717) is 19.6 Å². The highest BCUT2D eigenvalue weighted by Gasteiger charge is 2.34. The highest BCUT2D eigenvalue weighted by Crippen LogP contribution is 2.21. The first-order chi connectivity index (χ1) is 14.9. The third-order valence-corrected chi connectivity index (χ3v) is 14.0. The molecule has 8 nitrogen and oxygen atoms in total. The standard InChI is InChI=1S/C21H44N2O6Si3/c1-25-31(8,26-2)17-11-14-22(15-12-18-32(9,27-3)28-4)21(24)23(30(5,6)7)19-20-13-10-16-29-20/h10,13,16H,11-12,14-15,17-19H2,1-9H3. The number of hydrogen-bond acceptors (Lipinski definition) is 6. The molecule has 0 aliphatic carbocycles. The van der Waals surface area contributed by atoms with E-state index in [1.165, 1.54) is 0 Å². The zero-order valence-electron chi connectivity index (χ0n) is 21.5. The van der Waals surface area contributed by atoms with Crippen molar-refractivity contribution in [1.29, 1.82) is 0 Å². The van der Waals surface area contributed by atoms with Crippen LogP contribution in [0.4, 0.5) is 4.79 Å². The van der Waals surface area contributed by atoms with Crippen LogP contribution in [0.2, 0.25) is 44.8 Å². The molecule has 186 valence electrons. The molecule has 0 saturated heterocycles. The molecule has 0 N–H and O–H groups in total. The zero-order valence-corrected chi connectivity index (χ0v) is 24.5. The number of carbonyl (C=O) groups excluding carboxylic acids is 1. The van der Waals surface area contributed by atoms with Crippen LogP contribution in [0, 0.1) is 0 Å². The number of nitrogens with zero attached hydrogens (tertiary/aromatic N) is 2. The van der Waals surface area contributed by atoms with Crippen LogP contribution in [0.25, 0.3) is 0 Å². The van der Waals surface area contributed by atoms with Gasteiger partial charge >= 0.3 is 23.2 Å². The minimum absolute atomic E-state index is 0.0666. The van der Waals surface area contributed by atoms with Crippen molar-refractivity contribution in [2.75, 3.05) is 41.5 Å². The van der Waals surface area contributed by atoms with Crippen molar-refractivity contribution in [1.82, 2.24) is 9.47 Å². The number of amides is 2. The molecule has 1 aromatic heterocycles. The van der Waals surface area contributed by atoms with Gasteiger partial charge in [-0.2, -0.15) is 0 Å². The second kappa shape index (κ2) is 13.1. The fraction of sp³-hybridized carbons (Fsp3) is 0.762. The molecular formula is C21H44N2O6Si3. The van der Waals surface area contributed by atoms with Crippen molar-refractivity contribution in [2.45, 2.75) is 64.2 Å². The minimum Gasteiger partial charge on any atom is -0.467 e. The molecule has 0 aliphatic rings. The van der Waals surface area contributed by atoms with E-state index in [9.17, 15) is 4.79 Å². The van der Waals surface area contributed by atoms with Crippen molar-refractivity contribution in [2.24, 2.45) is 0 Å². The lowest BCUT2D eigenvalue weighted by Crippen LogP contribution is -2.55. The summed E-state index contributed by atoms with van der Waals surface area (Å²) in [6.45, 7) is 12.5. The topological polar surface area (TPSA) is 73.6 Å². The Morgan fingerprint density at radius 2 is 1.34 bits per heavy atom. The van der Waals surface area contributed by atoms with E-state index in [2.05, 4.69) is 32.7 Å². The monoisotopic (exact) mass is 504 g/mol. The third kappa shape index (κ3) is 9.12. The van der Waals surface area contributed by atoms with Crippen LogP contribution in [0.3, 0.4) is 0 Å². The van der Waals surface area contributed by atoms with Crippen LogP contribution in [0.1, 0.15) is 18.6 Å². The van der Waals surface area contributed by atoms with Crippen molar-refractivity contribution in [3.05, 3.63) is 24.2 Å². The second-order valence-electron chi connectivity index (χ2n) is 9.40. The average Bonchev–Trinajstić information content (AvgIpc) is 3.28. The molecule has 11 heteroatoms. The fourth-order valence-electron chi connectivity index (χ4n) is 3.38. The van der Waals surface area contributed by atoms with Crippen LogP contribution < -0.4 is 0 Å². The first-order valence-corrected chi connectivity index (χ1v) is 19.7. The molecule has 0 fully saturated rings. The smallest absolute Gasteiger partial charge is 0.334 e. The number of furan rings is 1. The summed E-state index contributed by atoms with van der Waals surface area (Å²) in [7, 11) is 0.513. The van der Waals surface area contributed by atoms with Gasteiger partial charge in [-0.25, -0.2) is 4.79 Å². The summed E-state index contributed by atoms with van der Waals surface area (Å²) < 4.78 is 30.1. The lowest BCUT2D eigenvalue weighted by Gasteiger charge is -2.38. The molecule has 1 aromatic rings. The van der Waals surface area contributed by atoms with Gasteiger partial charge < -0.3 is 31.6 Å². The Kier molecular flexibility index (Phi) is 11.9. The van der Waals surface area contributed by atoms with E-state index in [-0.39, 0.29) is 6.03 Å². The van der Waals surface area contributed by atoms with Gasteiger partial charge in [0, 0.05) is 41.5 Å². The van der Waals surface area contributed by atoms with Crippen molar-refractivity contribution in [3.8, 4) is 0 Å². The maximum Gasteiger partial charge on any atom is 0.334 e. The number of hydrogen-bond donors (Lipinski definition) is 0. The van der Waals surface area contributed by atoms with E-state index >= 15 is 0 Å². The predicted molar refractivity (Wildman–Crippen MR) is 135 cm³/mol. The van der Waals surface area contributed by atoms with Gasteiger partial charge in [0.1, 0.15) is 5.76 Å². The number of carbonyl (C=O) groups is 1. The first kappa shape index (κ1) is 29.1. The first-order valence-electron chi connectivity index (χ1n) is 11.2. The van der Waals surface area contributed by atoms with E-state index in [4.69, 9.17) is 22.1 Å². The largest absolute Gasteiger partial charge is 0.467 e. The van der Waals surface area contributed by atoms with Gasteiger partial charge in [-0.3, -0.25) is 0 Å². The number of urea groups is 1. The van der Waals surface area contributed by atoms with Crippen molar-refractivity contribution in [3.63, 3.8) is 0 Å². The summed E-state index contributed by atoms with van der Waals surface area (Å²) in [5.74, 6) is 0.804. The maximum absolute atomic E-state index is 13.7. The van der Waals surface area contributed by atoms with Crippen LogP contribution in [0.5, 0.6) is 0 Å². The molecule has 1 heterocycles. The van der Waals surface area contributed by atoms with Crippen molar-refractivity contribution < 1.29 is 26.9 Å².